The van der Waals surface area contributed by atoms with Crippen molar-refractivity contribution in [2.75, 3.05) is 6.54 Å². The first-order chi connectivity index (χ1) is 7.00. The predicted octanol–water partition coefficient (Wildman–Crippen LogP) is 1.10. The first-order valence-electron chi connectivity index (χ1n) is 4.47. The Hall–Kier alpha value is -1.49. The van der Waals surface area contributed by atoms with Gasteiger partial charge in [0.15, 0.2) is 11.6 Å². The highest BCUT2D eigenvalue weighted by Gasteiger charge is 2.09. The normalized spacial score (nSPS) is 12.5. The van der Waals surface area contributed by atoms with E-state index in [-0.39, 0.29) is 12.6 Å². The van der Waals surface area contributed by atoms with E-state index < -0.39 is 17.5 Å². The molecule has 0 saturated heterocycles. The number of rotatable bonds is 4. The molecule has 1 atom stereocenters. The summed E-state index contributed by atoms with van der Waals surface area (Å²) in [6.07, 6.45) is 0. The number of halogens is 2. The van der Waals surface area contributed by atoms with Crippen molar-refractivity contribution in [1.29, 1.82) is 0 Å². The second kappa shape index (κ2) is 4.84. The second-order valence-corrected chi connectivity index (χ2v) is 3.24. The van der Waals surface area contributed by atoms with Gasteiger partial charge in [0.25, 0.3) is 0 Å². The molecule has 0 unspecified atom stereocenters. The molecule has 0 heterocycles. The Morgan fingerprint density at radius 2 is 2.13 bits per heavy atom. The molecule has 0 spiro atoms. The van der Waals surface area contributed by atoms with E-state index in [1.165, 1.54) is 6.07 Å². The van der Waals surface area contributed by atoms with Gasteiger partial charge in [0, 0.05) is 6.04 Å². The maximum atomic E-state index is 12.8. The fraction of sp³-hybridized carbons (Fsp3) is 0.300. The summed E-state index contributed by atoms with van der Waals surface area (Å²) in [6.45, 7) is 1.73. The fourth-order valence-corrected chi connectivity index (χ4v) is 1.15. The number of amides is 1. The van der Waals surface area contributed by atoms with E-state index >= 15 is 0 Å². The smallest absolute Gasteiger partial charge is 0.231 e. The molecule has 15 heavy (non-hydrogen) atoms. The van der Waals surface area contributed by atoms with E-state index in [1.54, 1.807) is 6.92 Å². The van der Waals surface area contributed by atoms with E-state index in [2.05, 4.69) is 5.32 Å². The molecule has 0 aliphatic carbocycles. The summed E-state index contributed by atoms with van der Waals surface area (Å²) >= 11 is 0. The molecular weight excluding hydrogens is 202 g/mol. The van der Waals surface area contributed by atoms with Crippen LogP contribution in [-0.4, -0.2) is 12.5 Å². The molecule has 0 bridgehead atoms. The van der Waals surface area contributed by atoms with Crippen molar-refractivity contribution in [3.05, 3.63) is 35.4 Å². The number of hydrogen-bond acceptors (Lipinski definition) is 2. The summed E-state index contributed by atoms with van der Waals surface area (Å²) in [7, 11) is 0. The van der Waals surface area contributed by atoms with Crippen LogP contribution in [0.15, 0.2) is 18.2 Å². The summed E-state index contributed by atoms with van der Waals surface area (Å²) in [4.78, 5) is 10.5. The molecule has 1 amide bonds. The first-order valence-corrected chi connectivity index (χ1v) is 4.47. The molecule has 1 aromatic carbocycles. The minimum absolute atomic E-state index is 0.000161. The van der Waals surface area contributed by atoms with Crippen LogP contribution in [0, 0.1) is 11.6 Å². The molecule has 3 N–H and O–H groups in total. The fourth-order valence-electron chi connectivity index (χ4n) is 1.15. The van der Waals surface area contributed by atoms with Crippen molar-refractivity contribution >= 4 is 5.91 Å². The summed E-state index contributed by atoms with van der Waals surface area (Å²) in [5.74, 6) is -2.29. The Morgan fingerprint density at radius 1 is 1.47 bits per heavy atom. The number of nitrogens with one attached hydrogen (secondary N) is 1. The van der Waals surface area contributed by atoms with Gasteiger partial charge in [0.05, 0.1) is 6.54 Å². The lowest BCUT2D eigenvalue weighted by molar-refractivity contribution is -0.117. The zero-order chi connectivity index (χ0) is 11.4. The van der Waals surface area contributed by atoms with Crippen LogP contribution in [0.5, 0.6) is 0 Å². The molecular formula is C10H12F2N2O. The Labute approximate surface area is 86.3 Å². The highest BCUT2D eigenvalue weighted by Crippen LogP contribution is 2.15. The molecule has 5 heteroatoms. The number of nitrogens with two attached hydrogens (primary N) is 1. The lowest BCUT2D eigenvalue weighted by Gasteiger charge is -2.12. The van der Waals surface area contributed by atoms with Crippen molar-refractivity contribution in [2.24, 2.45) is 5.73 Å². The van der Waals surface area contributed by atoms with Gasteiger partial charge in [-0.05, 0) is 24.6 Å². The molecule has 82 valence electrons. The highest BCUT2D eigenvalue weighted by atomic mass is 19.2. The zero-order valence-electron chi connectivity index (χ0n) is 8.26. The van der Waals surface area contributed by atoms with E-state index in [0.717, 1.165) is 12.1 Å². The first kappa shape index (κ1) is 11.6. The number of benzene rings is 1. The van der Waals surface area contributed by atoms with Crippen LogP contribution in [0.4, 0.5) is 8.78 Å². The number of primary amides is 1. The van der Waals surface area contributed by atoms with Crippen LogP contribution in [0.3, 0.4) is 0 Å². The number of hydrogen-bond donors (Lipinski definition) is 2. The molecule has 3 nitrogen and oxygen atoms in total. The van der Waals surface area contributed by atoms with Gasteiger partial charge >= 0.3 is 0 Å². The summed E-state index contributed by atoms with van der Waals surface area (Å²) in [5, 5.41) is 2.78. The Kier molecular flexibility index (Phi) is 3.74. The Bertz CT molecular complexity index is 368. The minimum atomic E-state index is -0.903. The summed E-state index contributed by atoms with van der Waals surface area (Å²) < 4.78 is 25.5. The zero-order valence-corrected chi connectivity index (χ0v) is 8.26. The molecule has 0 aliphatic heterocycles. The summed E-state index contributed by atoms with van der Waals surface area (Å²) in [5.41, 5.74) is 5.50. The van der Waals surface area contributed by atoms with Crippen LogP contribution in [-0.2, 0) is 4.79 Å². The lowest BCUT2D eigenvalue weighted by atomic mass is 10.1. The van der Waals surface area contributed by atoms with Crippen molar-refractivity contribution < 1.29 is 13.6 Å². The SMILES string of the molecule is C[C@H](NCC(N)=O)c1ccc(F)c(F)c1. The van der Waals surface area contributed by atoms with Crippen molar-refractivity contribution in [2.45, 2.75) is 13.0 Å². The van der Waals surface area contributed by atoms with Crippen molar-refractivity contribution in [3.8, 4) is 0 Å². The van der Waals surface area contributed by atoms with Crippen LogP contribution in [0.2, 0.25) is 0 Å². The third-order valence-corrected chi connectivity index (χ3v) is 2.03. The summed E-state index contributed by atoms with van der Waals surface area (Å²) in [6, 6.07) is 3.34. The number of carbonyl (C=O) groups excluding carboxylic acids is 1. The predicted molar refractivity (Wildman–Crippen MR) is 52.0 cm³/mol. The average molecular weight is 214 g/mol. The van der Waals surface area contributed by atoms with Gasteiger partial charge < -0.3 is 11.1 Å². The molecule has 1 rings (SSSR count). The van der Waals surface area contributed by atoms with Crippen LogP contribution >= 0.6 is 0 Å². The van der Waals surface area contributed by atoms with Gasteiger partial charge in [0.1, 0.15) is 0 Å². The highest BCUT2D eigenvalue weighted by molar-refractivity contribution is 5.75. The van der Waals surface area contributed by atoms with E-state index in [0.29, 0.717) is 5.56 Å². The Balaban J connectivity index is 2.69. The molecule has 1 aromatic rings. The van der Waals surface area contributed by atoms with Crippen molar-refractivity contribution in [3.63, 3.8) is 0 Å². The quantitative estimate of drug-likeness (QED) is 0.788. The molecule has 0 aromatic heterocycles. The van der Waals surface area contributed by atoms with Gasteiger partial charge in [0.2, 0.25) is 5.91 Å². The van der Waals surface area contributed by atoms with E-state index in [9.17, 15) is 13.6 Å². The monoisotopic (exact) mass is 214 g/mol. The molecule has 0 radical (unpaired) electrons. The van der Waals surface area contributed by atoms with Gasteiger partial charge in [-0.25, -0.2) is 8.78 Å². The van der Waals surface area contributed by atoms with Crippen LogP contribution in [0.25, 0.3) is 0 Å². The van der Waals surface area contributed by atoms with Crippen molar-refractivity contribution in [1.82, 2.24) is 5.32 Å². The largest absolute Gasteiger partial charge is 0.369 e. The van der Waals surface area contributed by atoms with Crippen LogP contribution in [0.1, 0.15) is 18.5 Å². The maximum absolute atomic E-state index is 12.8. The molecule has 0 saturated carbocycles. The van der Waals surface area contributed by atoms with Crippen LogP contribution < -0.4 is 11.1 Å². The van der Waals surface area contributed by atoms with Gasteiger partial charge in [-0.2, -0.15) is 0 Å². The van der Waals surface area contributed by atoms with Gasteiger partial charge in [-0.15, -0.1) is 0 Å². The topological polar surface area (TPSA) is 55.1 Å². The molecule has 0 fully saturated rings. The Morgan fingerprint density at radius 3 is 2.67 bits per heavy atom. The minimum Gasteiger partial charge on any atom is -0.369 e. The third-order valence-electron chi connectivity index (χ3n) is 2.03. The molecule has 0 aliphatic rings. The van der Waals surface area contributed by atoms with E-state index in [1.807, 2.05) is 0 Å². The second-order valence-electron chi connectivity index (χ2n) is 3.24. The van der Waals surface area contributed by atoms with Gasteiger partial charge in [-0.1, -0.05) is 6.07 Å². The third kappa shape index (κ3) is 3.28. The van der Waals surface area contributed by atoms with E-state index in [4.69, 9.17) is 5.73 Å². The maximum Gasteiger partial charge on any atom is 0.231 e. The average Bonchev–Trinajstić information content (AvgIpc) is 2.18. The van der Waals surface area contributed by atoms with Gasteiger partial charge in [-0.3, -0.25) is 4.79 Å². The standard InChI is InChI=1S/C10H12F2N2O/c1-6(14-5-10(13)15)7-2-3-8(11)9(12)4-7/h2-4,6,14H,5H2,1H3,(H2,13,15)/t6-/m0/s1. The lowest BCUT2D eigenvalue weighted by Crippen LogP contribution is -2.30. The number of carbonyl (C=O) groups is 1.